The van der Waals surface area contributed by atoms with Crippen molar-refractivity contribution in [2.45, 2.75) is 249 Å². The van der Waals surface area contributed by atoms with Gasteiger partial charge in [-0.3, -0.25) is 0 Å². The maximum absolute atomic E-state index is 9.95. The number of rotatable bonds is 0. The molecule has 12 nitrogen and oxygen atoms in total. The Morgan fingerprint density at radius 3 is 0.132 bits per heavy atom. The van der Waals surface area contributed by atoms with Gasteiger partial charge in [-0.2, -0.15) is 0 Å². The van der Waals surface area contributed by atoms with E-state index in [0.717, 1.165) is 0 Å². The van der Waals surface area contributed by atoms with E-state index in [9.17, 15) is 61.3 Å². The predicted molar refractivity (Wildman–Crippen MR) is 292 cm³/mol. The van der Waals surface area contributed by atoms with Crippen molar-refractivity contribution in [2.75, 3.05) is 79.3 Å². The first-order valence-electron chi connectivity index (χ1n) is 25.7. The molecule has 0 aliphatic carbocycles. The van der Waals surface area contributed by atoms with Gasteiger partial charge >= 0.3 is 165 Å². The summed E-state index contributed by atoms with van der Waals surface area (Å²) in [7, 11) is 0. The topological polar surface area (TPSA) is 277 Å². The van der Waals surface area contributed by atoms with E-state index in [1.807, 2.05) is 249 Å². The van der Waals surface area contributed by atoms with Crippen molar-refractivity contribution >= 4 is 0 Å². The SMILES string of the molecule is CC(C)(C)C[O-].CC(C)(C)C[O-].CC(C)(C)C[O-].CC(C)(C)C[O-].CC(C)(C)C[O-].CC(C)(C)C[O-].CC(C)(C)C[O-].CC(C)(C)C[O-].CC(C)(C)C[O-].CC(C)(C)C[O-].CC(C)(C)C[O-].CC(C)(C)C[O-].[Pr+3].[Pr+3].[Pr+3].[Pr+3]. The van der Waals surface area contributed by atoms with E-state index in [4.69, 9.17) is 0 Å². The minimum absolute atomic E-state index is 0. The predicted octanol–water partition coefficient (Wildman–Crippen LogP) is 4.71. The zero-order valence-electron chi connectivity index (χ0n) is 57.7. The molecular formula is C60H132O12Pr4. The summed E-state index contributed by atoms with van der Waals surface area (Å²) in [4.78, 5) is 0. The average Bonchev–Trinajstić information content (AvgIpc) is 3.17. The summed E-state index contributed by atoms with van der Waals surface area (Å²) >= 11 is 0. The second-order valence-electron chi connectivity index (χ2n) is 32.5. The van der Waals surface area contributed by atoms with Crippen LogP contribution in [0, 0.1) is 230 Å². The second kappa shape index (κ2) is 63.0. The average molecular weight is 1610 g/mol. The van der Waals surface area contributed by atoms with Crippen molar-refractivity contribution in [1.82, 2.24) is 0 Å². The van der Waals surface area contributed by atoms with E-state index in [0.29, 0.717) is 0 Å². The van der Waals surface area contributed by atoms with E-state index < -0.39 is 0 Å². The Morgan fingerprint density at radius 2 is 0.132 bits per heavy atom. The fraction of sp³-hybridized carbons (Fsp3) is 1.00. The van der Waals surface area contributed by atoms with E-state index in [1.165, 1.54) is 0 Å². The molecule has 16 heteroatoms. The van der Waals surface area contributed by atoms with Gasteiger partial charge in [0.05, 0.1) is 0 Å². The Labute approximate surface area is 611 Å². The molecule has 0 aromatic carbocycles. The number of hydrogen-bond donors (Lipinski definition) is 0. The Kier molecular flexibility index (Phi) is 102. The first kappa shape index (κ1) is 123. The molecule has 0 saturated carbocycles. The van der Waals surface area contributed by atoms with Crippen molar-refractivity contribution in [1.29, 1.82) is 0 Å². The normalized spacial score (nSPS) is 11.4. The van der Waals surface area contributed by atoms with Crippen LogP contribution in [-0.4, -0.2) is 79.3 Å². The molecule has 0 saturated heterocycles. The molecule has 0 spiro atoms. The summed E-state index contributed by atoms with van der Waals surface area (Å²) < 4.78 is 0. The third-order valence-corrected chi connectivity index (χ3v) is 5.20. The Hall–Kier alpha value is 4.97. The van der Waals surface area contributed by atoms with Gasteiger partial charge in [0.15, 0.2) is 0 Å². The second-order valence-corrected chi connectivity index (χ2v) is 32.5. The molecule has 0 atom stereocenters. The van der Waals surface area contributed by atoms with Crippen molar-refractivity contribution < 1.29 is 226 Å². The van der Waals surface area contributed by atoms with Crippen LogP contribution >= 0.6 is 0 Å². The van der Waals surface area contributed by atoms with Crippen LogP contribution in [0.15, 0.2) is 0 Å². The van der Waals surface area contributed by atoms with E-state index >= 15 is 0 Å². The quantitative estimate of drug-likeness (QED) is 0.319. The van der Waals surface area contributed by atoms with Gasteiger partial charge in [0.25, 0.3) is 0 Å². The van der Waals surface area contributed by atoms with Crippen LogP contribution in [0.25, 0.3) is 0 Å². The number of hydrogen-bond acceptors (Lipinski definition) is 12. The summed E-state index contributed by atoms with van der Waals surface area (Å²) in [6, 6.07) is 0. The first-order valence-corrected chi connectivity index (χ1v) is 25.7. The van der Waals surface area contributed by atoms with E-state index in [2.05, 4.69) is 0 Å². The first-order chi connectivity index (χ1) is 30.7. The van der Waals surface area contributed by atoms with Crippen LogP contribution in [0.2, 0.25) is 0 Å². The van der Waals surface area contributed by atoms with Crippen LogP contribution in [-0.2, 0) is 0 Å². The van der Waals surface area contributed by atoms with Crippen LogP contribution in [0.1, 0.15) is 249 Å². The van der Waals surface area contributed by atoms with Crippen LogP contribution in [0.5, 0.6) is 0 Å². The van der Waals surface area contributed by atoms with Crippen molar-refractivity contribution in [3.05, 3.63) is 0 Å². The molecule has 0 aromatic heterocycles. The van der Waals surface area contributed by atoms with Crippen molar-refractivity contribution in [3.63, 3.8) is 0 Å². The molecule has 76 heavy (non-hydrogen) atoms. The van der Waals surface area contributed by atoms with Crippen LogP contribution in [0.4, 0.5) is 0 Å². The Balaban J connectivity index is -0.0000000367. The Morgan fingerprint density at radius 1 is 0.118 bits per heavy atom. The third kappa shape index (κ3) is 286. The molecule has 0 rings (SSSR count). The maximum Gasteiger partial charge on any atom is 3.00 e. The molecule has 0 radical (unpaired) electrons. The fourth-order valence-electron chi connectivity index (χ4n) is 0. The van der Waals surface area contributed by atoms with Gasteiger partial charge < -0.3 is 61.3 Å². The molecule has 0 aliphatic rings. The third-order valence-electron chi connectivity index (χ3n) is 5.20. The van der Waals surface area contributed by atoms with Gasteiger partial charge in [-0.1, -0.05) is 314 Å². The zero-order chi connectivity index (χ0) is 62.5. The molecule has 0 amide bonds. The van der Waals surface area contributed by atoms with Crippen LogP contribution in [0.3, 0.4) is 0 Å². The van der Waals surface area contributed by atoms with E-state index in [1.54, 1.807) is 0 Å². The van der Waals surface area contributed by atoms with E-state index in [-0.39, 0.29) is 309 Å². The van der Waals surface area contributed by atoms with Crippen LogP contribution < -0.4 is 61.3 Å². The molecule has 0 fully saturated rings. The van der Waals surface area contributed by atoms with Gasteiger partial charge in [0.2, 0.25) is 0 Å². The zero-order valence-corrected chi connectivity index (χ0v) is 72.5. The van der Waals surface area contributed by atoms with Gasteiger partial charge in [-0.25, -0.2) is 0 Å². The molecule has 0 heterocycles. The molecule has 456 valence electrons. The summed E-state index contributed by atoms with van der Waals surface area (Å²) in [5.74, 6) is 0. The van der Waals surface area contributed by atoms with Crippen molar-refractivity contribution in [2.24, 2.45) is 65.0 Å². The standard InChI is InChI=1S/12C5H11O.4Pr/c12*1-5(2,3)4-6;;;;/h12*4H2,1-3H3;;;;/q12*-1;4*+3. The molecule has 0 unspecified atom stereocenters. The summed E-state index contributed by atoms with van der Waals surface area (Å²) in [5, 5.41) is 119. The summed E-state index contributed by atoms with van der Waals surface area (Å²) in [6.07, 6.45) is 0. The fourth-order valence-corrected chi connectivity index (χ4v) is 0. The van der Waals surface area contributed by atoms with Gasteiger partial charge in [0.1, 0.15) is 0 Å². The Bertz CT molecular complexity index is 728. The molecule has 0 aromatic rings. The van der Waals surface area contributed by atoms with Gasteiger partial charge in [-0.15, -0.1) is 79.3 Å². The molecule has 0 aliphatic heterocycles. The van der Waals surface area contributed by atoms with Crippen molar-refractivity contribution in [3.8, 4) is 0 Å². The smallest absolute Gasteiger partial charge is 0.854 e. The maximum atomic E-state index is 9.95. The van der Waals surface area contributed by atoms with Gasteiger partial charge in [0, 0.05) is 0 Å². The minimum atomic E-state index is -0.0139. The molecular weight excluding hydrogens is 1480 g/mol. The summed E-state index contributed by atoms with van der Waals surface area (Å²) in [6.45, 7) is 69.8. The monoisotopic (exact) mass is 1610 g/mol. The molecule has 0 N–H and O–H groups in total. The largest absolute Gasteiger partial charge is 3.00 e. The minimum Gasteiger partial charge on any atom is -0.854 e. The summed E-state index contributed by atoms with van der Waals surface area (Å²) in [5.41, 5.74) is -0.167. The van der Waals surface area contributed by atoms with Gasteiger partial charge in [-0.05, 0) is 0 Å². The molecule has 0 bridgehead atoms.